The lowest BCUT2D eigenvalue weighted by Crippen LogP contribution is -2.03. The maximum atomic E-state index is 5.89. The van der Waals surface area contributed by atoms with Gasteiger partial charge in [-0.15, -0.1) is 6.58 Å². The summed E-state index contributed by atoms with van der Waals surface area (Å²) >= 11 is 0. The fourth-order valence-electron chi connectivity index (χ4n) is 2.65. The minimum absolute atomic E-state index is 0.714. The smallest absolute Gasteiger partial charge is 0.0370 e. The van der Waals surface area contributed by atoms with Crippen LogP contribution in [0.15, 0.2) is 72.0 Å². The van der Waals surface area contributed by atoms with Gasteiger partial charge in [-0.1, -0.05) is 131 Å². The second-order valence-corrected chi connectivity index (χ2v) is 8.94. The van der Waals surface area contributed by atoms with Crippen molar-refractivity contribution in [2.75, 3.05) is 0 Å². The fraction of sp³-hybridized carbons (Fsp3) is 0.611. The third kappa shape index (κ3) is 32.0. The van der Waals surface area contributed by atoms with Gasteiger partial charge in [0.25, 0.3) is 0 Å². The molecule has 0 saturated carbocycles. The summed E-state index contributed by atoms with van der Waals surface area (Å²) in [6, 6.07) is 8.83. The Kier molecular flexibility index (Phi) is 41.3. The Balaban J connectivity index is -0.000000130. The van der Waals surface area contributed by atoms with E-state index in [1.165, 1.54) is 42.4 Å². The number of hydrogen-bond acceptors (Lipinski definition) is 1. The quantitative estimate of drug-likeness (QED) is 0.243. The summed E-state index contributed by atoms with van der Waals surface area (Å²) in [5.74, 6) is 0.714. The molecular weight excluding hydrogens is 446 g/mol. The van der Waals surface area contributed by atoms with Crippen molar-refractivity contribution in [1.82, 2.24) is 0 Å². The number of allylic oxidation sites excluding steroid dienone is 4. The molecule has 0 saturated heterocycles. The molecule has 0 aromatic heterocycles. The van der Waals surface area contributed by atoms with Crippen molar-refractivity contribution in [3.8, 4) is 0 Å². The first-order valence-corrected chi connectivity index (χ1v) is 15.0. The lowest BCUT2D eigenvalue weighted by molar-refractivity contribution is 0.586. The third-order valence-electron chi connectivity index (χ3n) is 5.21. The molecule has 218 valence electrons. The van der Waals surface area contributed by atoms with Crippen LogP contribution in [0.4, 0.5) is 0 Å². The van der Waals surface area contributed by atoms with Crippen LogP contribution in [0.1, 0.15) is 140 Å². The molecule has 1 heteroatoms. The second kappa shape index (κ2) is 34.0. The van der Waals surface area contributed by atoms with Crippen LogP contribution in [-0.2, 0) is 12.8 Å². The van der Waals surface area contributed by atoms with Crippen molar-refractivity contribution in [2.24, 2.45) is 11.7 Å². The highest BCUT2D eigenvalue weighted by Gasteiger charge is 2.04. The zero-order chi connectivity index (χ0) is 30.4. The Morgan fingerprint density at radius 1 is 0.730 bits per heavy atom. The normalized spacial score (nSPS) is 9.59. The molecule has 1 aromatic rings. The lowest BCUT2D eigenvalue weighted by Gasteiger charge is -2.11. The molecule has 37 heavy (non-hydrogen) atoms. The van der Waals surface area contributed by atoms with Crippen molar-refractivity contribution in [2.45, 2.75) is 142 Å². The molecule has 0 bridgehead atoms. The summed E-state index contributed by atoms with van der Waals surface area (Å²) in [5, 5.41) is 0. The van der Waals surface area contributed by atoms with Gasteiger partial charge in [-0.2, -0.15) is 0 Å². The summed E-state index contributed by atoms with van der Waals surface area (Å²) in [4.78, 5) is 0. The van der Waals surface area contributed by atoms with Crippen molar-refractivity contribution >= 4 is 0 Å². The molecule has 0 fully saturated rings. The van der Waals surface area contributed by atoms with E-state index in [9.17, 15) is 0 Å². The third-order valence-corrected chi connectivity index (χ3v) is 5.21. The maximum Gasteiger partial charge on any atom is 0.0370 e. The molecule has 0 radical (unpaired) electrons. The first-order valence-electron chi connectivity index (χ1n) is 15.0. The number of nitrogens with two attached hydrogens (primary N) is 1. The Morgan fingerprint density at radius 3 is 1.32 bits per heavy atom. The lowest BCUT2D eigenvalue weighted by atomic mass is 9.97. The largest absolute Gasteiger partial charge is 0.398 e. The summed E-state index contributed by atoms with van der Waals surface area (Å²) < 4.78 is 0. The Bertz CT molecular complexity index is 648. The van der Waals surface area contributed by atoms with Crippen LogP contribution in [0.2, 0.25) is 0 Å². The summed E-state index contributed by atoms with van der Waals surface area (Å²) in [6.45, 7) is 40.7. The highest BCUT2D eigenvalue weighted by molar-refractivity contribution is 5.38. The molecule has 0 unspecified atom stereocenters. The number of hydrogen-bond donors (Lipinski definition) is 1. The molecule has 0 aliphatic carbocycles. The van der Waals surface area contributed by atoms with Gasteiger partial charge < -0.3 is 5.73 Å². The van der Waals surface area contributed by atoms with Crippen LogP contribution in [0.3, 0.4) is 0 Å². The van der Waals surface area contributed by atoms with E-state index in [0.29, 0.717) is 5.92 Å². The van der Waals surface area contributed by atoms with Gasteiger partial charge in [0.2, 0.25) is 0 Å². The molecule has 1 nitrogen and oxygen atoms in total. The SMILES string of the molecule is C=C(C)CCCC.C=C(CCC(C)C)/C(C)=C(/N)C(=C)C.CC.CC.CC.CCc1ccc(CC)cc1. The first kappa shape index (κ1) is 44.9. The van der Waals surface area contributed by atoms with E-state index in [2.05, 4.69) is 85.5 Å². The van der Waals surface area contributed by atoms with E-state index in [1.807, 2.05) is 55.4 Å². The minimum atomic E-state index is 0.714. The van der Waals surface area contributed by atoms with Crippen LogP contribution in [0, 0.1) is 5.92 Å². The number of unbranched alkanes of at least 4 members (excludes halogenated alkanes) is 1. The number of benzene rings is 1. The fourth-order valence-corrected chi connectivity index (χ4v) is 2.65. The van der Waals surface area contributed by atoms with Gasteiger partial charge in [0.15, 0.2) is 0 Å². The van der Waals surface area contributed by atoms with Crippen LogP contribution in [0.5, 0.6) is 0 Å². The molecule has 0 heterocycles. The second-order valence-electron chi connectivity index (χ2n) is 8.94. The molecule has 0 amide bonds. The molecule has 0 aliphatic heterocycles. The zero-order valence-electron chi connectivity index (χ0n) is 28.0. The molecule has 1 rings (SSSR count). The van der Waals surface area contributed by atoms with Crippen LogP contribution in [0.25, 0.3) is 0 Å². The molecular formula is C36H69N. The van der Waals surface area contributed by atoms with Gasteiger partial charge in [0, 0.05) is 5.70 Å². The average molecular weight is 516 g/mol. The van der Waals surface area contributed by atoms with Crippen molar-refractivity contribution < 1.29 is 0 Å². The van der Waals surface area contributed by atoms with E-state index in [1.54, 1.807) is 0 Å². The van der Waals surface area contributed by atoms with Gasteiger partial charge in [0.05, 0.1) is 0 Å². The van der Waals surface area contributed by atoms with Crippen LogP contribution < -0.4 is 5.73 Å². The van der Waals surface area contributed by atoms with Gasteiger partial charge in [-0.25, -0.2) is 0 Å². The van der Waals surface area contributed by atoms with E-state index in [0.717, 1.165) is 41.7 Å². The van der Waals surface area contributed by atoms with Crippen LogP contribution in [-0.4, -0.2) is 0 Å². The van der Waals surface area contributed by atoms with E-state index in [4.69, 9.17) is 5.73 Å². The summed E-state index contributed by atoms with van der Waals surface area (Å²) in [5.41, 5.74) is 14.0. The molecule has 0 atom stereocenters. The molecule has 0 aliphatic rings. The molecule has 2 N–H and O–H groups in total. The Hall–Kier alpha value is -2.02. The number of rotatable bonds is 10. The predicted molar refractivity (Wildman–Crippen MR) is 178 cm³/mol. The first-order chi connectivity index (χ1) is 17.5. The van der Waals surface area contributed by atoms with E-state index in [-0.39, 0.29) is 0 Å². The van der Waals surface area contributed by atoms with Gasteiger partial charge in [0.1, 0.15) is 0 Å². The van der Waals surface area contributed by atoms with Crippen molar-refractivity contribution in [1.29, 1.82) is 0 Å². The van der Waals surface area contributed by atoms with Crippen molar-refractivity contribution in [3.63, 3.8) is 0 Å². The number of aryl methyl sites for hydroxylation is 2. The maximum absolute atomic E-state index is 5.89. The van der Waals surface area contributed by atoms with E-state index >= 15 is 0 Å². The van der Waals surface area contributed by atoms with Gasteiger partial charge in [-0.3, -0.25) is 0 Å². The Labute approximate surface area is 236 Å². The topological polar surface area (TPSA) is 26.0 Å². The highest BCUT2D eigenvalue weighted by Crippen LogP contribution is 2.20. The van der Waals surface area contributed by atoms with Gasteiger partial charge >= 0.3 is 0 Å². The zero-order valence-corrected chi connectivity index (χ0v) is 28.0. The van der Waals surface area contributed by atoms with Gasteiger partial charge in [-0.05, 0) is 87.5 Å². The standard InChI is InChI=1S/C13H23N.C10H14.C7H14.3C2H6/c1-9(2)7-8-11(5)12(6)13(14)10(3)4;1-3-9-5-7-10(4-2)8-6-9;1-4-5-6-7(2)3;3*1-2/h9H,3,5,7-8,14H2,1-2,4,6H3;5-8H,3-4H2,1-2H3;2,4-6H2,1,3H3;3*1-2H3/b13-12+;;;;;. The van der Waals surface area contributed by atoms with Crippen LogP contribution >= 0.6 is 0 Å². The van der Waals surface area contributed by atoms with E-state index < -0.39 is 0 Å². The summed E-state index contributed by atoms with van der Waals surface area (Å²) in [7, 11) is 0. The summed E-state index contributed by atoms with van der Waals surface area (Å²) in [6.07, 6.45) is 8.27. The molecule has 1 aromatic carbocycles. The highest BCUT2D eigenvalue weighted by atomic mass is 14.6. The average Bonchev–Trinajstić information content (AvgIpc) is 2.93. The monoisotopic (exact) mass is 516 g/mol. The predicted octanol–water partition coefficient (Wildman–Crippen LogP) is 12.4. The minimum Gasteiger partial charge on any atom is -0.398 e. The van der Waals surface area contributed by atoms with Crippen molar-refractivity contribution in [3.05, 3.63) is 83.1 Å². The molecule has 0 spiro atoms. The Morgan fingerprint density at radius 2 is 1.11 bits per heavy atom.